The smallest absolute Gasteiger partial charge is 0.0697 e. The molecule has 0 aromatic rings. The van der Waals surface area contributed by atoms with Gasteiger partial charge in [0.25, 0.3) is 0 Å². The molecular formula is C6H14KO2. The minimum Gasteiger partial charge on any atom is -0.394 e. The molecule has 2 nitrogen and oxygen atoms in total. The standard InChI is InChI=1S/C6H14O2.K/c1-2-3-5-8-6-4-7;/h7H,2-6H2,1H3;. The van der Waals surface area contributed by atoms with Gasteiger partial charge in [-0.2, -0.15) is 0 Å². The van der Waals surface area contributed by atoms with E-state index in [0.717, 1.165) is 19.4 Å². The Bertz CT molecular complexity index is 36.0. The van der Waals surface area contributed by atoms with E-state index in [1.165, 1.54) is 0 Å². The molecule has 0 aliphatic rings. The maximum atomic E-state index is 8.24. The summed E-state index contributed by atoms with van der Waals surface area (Å²) < 4.78 is 4.97. The van der Waals surface area contributed by atoms with Gasteiger partial charge in [0.1, 0.15) is 0 Å². The fourth-order valence-electron chi connectivity index (χ4n) is 0.413. The number of aliphatic hydroxyl groups is 1. The molecule has 0 saturated heterocycles. The van der Waals surface area contributed by atoms with E-state index >= 15 is 0 Å². The number of ether oxygens (including phenoxy) is 1. The van der Waals surface area contributed by atoms with Crippen LogP contribution in [-0.4, -0.2) is 76.3 Å². The van der Waals surface area contributed by atoms with Gasteiger partial charge in [-0.25, -0.2) is 0 Å². The summed E-state index contributed by atoms with van der Waals surface area (Å²) in [4.78, 5) is 0. The second kappa shape index (κ2) is 12.3. The Morgan fingerprint density at radius 2 is 2.00 bits per heavy atom. The maximum Gasteiger partial charge on any atom is 0.0697 e. The number of hydrogen-bond acceptors (Lipinski definition) is 2. The largest absolute Gasteiger partial charge is 0.394 e. The normalized spacial score (nSPS) is 8.67. The van der Waals surface area contributed by atoms with Crippen molar-refractivity contribution >= 4 is 51.4 Å². The second-order valence-electron chi connectivity index (χ2n) is 1.69. The molecule has 0 saturated carbocycles. The molecule has 0 atom stereocenters. The molecule has 1 N–H and O–H groups in total. The monoisotopic (exact) mass is 157 g/mol. The first-order valence-corrected chi connectivity index (χ1v) is 3.10. The molecule has 0 amide bonds. The molecular weight excluding hydrogens is 143 g/mol. The van der Waals surface area contributed by atoms with Crippen molar-refractivity contribution in [3.63, 3.8) is 0 Å². The molecule has 51 valence electrons. The van der Waals surface area contributed by atoms with Gasteiger partial charge >= 0.3 is 0 Å². The Balaban J connectivity index is 0. The van der Waals surface area contributed by atoms with Crippen LogP contribution >= 0.6 is 0 Å². The zero-order valence-electron chi connectivity index (χ0n) is 6.39. The van der Waals surface area contributed by atoms with Crippen LogP contribution < -0.4 is 0 Å². The molecule has 0 aliphatic heterocycles. The van der Waals surface area contributed by atoms with E-state index in [1.54, 1.807) is 0 Å². The molecule has 0 fully saturated rings. The topological polar surface area (TPSA) is 29.5 Å². The molecule has 0 spiro atoms. The molecule has 0 rings (SSSR count). The molecule has 0 aliphatic carbocycles. The predicted octanol–water partition coefficient (Wildman–Crippen LogP) is 0.415. The van der Waals surface area contributed by atoms with E-state index in [0.29, 0.717) is 6.61 Å². The Kier molecular flexibility index (Phi) is 17.9. The van der Waals surface area contributed by atoms with Gasteiger partial charge in [0, 0.05) is 58.0 Å². The predicted molar refractivity (Wildman–Crippen MR) is 38.6 cm³/mol. The Labute approximate surface area is 99.4 Å². The van der Waals surface area contributed by atoms with Crippen LogP contribution in [0.25, 0.3) is 0 Å². The fourth-order valence-corrected chi connectivity index (χ4v) is 0.413. The van der Waals surface area contributed by atoms with Crippen LogP contribution in [0, 0.1) is 0 Å². The Morgan fingerprint density at radius 1 is 1.33 bits per heavy atom. The van der Waals surface area contributed by atoms with Crippen LogP contribution in [0.5, 0.6) is 0 Å². The first kappa shape index (κ1) is 13.2. The Morgan fingerprint density at radius 3 is 2.44 bits per heavy atom. The van der Waals surface area contributed by atoms with E-state index in [1.807, 2.05) is 0 Å². The van der Waals surface area contributed by atoms with Gasteiger partial charge in [0.2, 0.25) is 0 Å². The zero-order chi connectivity index (χ0) is 6.24. The van der Waals surface area contributed by atoms with Crippen molar-refractivity contribution in [2.45, 2.75) is 19.8 Å². The minimum atomic E-state index is 0. The third-order valence-electron chi connectivity index (χ3n) is 0.878. The van der Waals surface area contributed by atoms with Gasteiger partial charge in [-0.05, 0) is 6.42 Å². The molecule has 9 heavy (non-hydrogen) atoms. The van der Waals surface area contributed by atoms with Crippen LogP contribution in [0.2, 0.25) is 0 Å². The summed E-state index contributed by atoms with van der Waals surface area (Å²) in [7, 11) is 0. The average molecular weight is 157 g/mol. The van der Waals surface area contributed by atoms with E-state index in [-0.39, 0.29) is 58.0 Å². The molecule has 0 aromatic carbocycles. The van der Waals surface area contributed by atoms with Crippen molar-refractivity contribution in [3.05, 3.63) is 0 Å². The molecule has 0 unspecified atom stereocenters. The van der Waals surface area contributed by atoms with Crippen molar-refractivity contribution in [1.29, 1.82) is 0 Å². The molecule has 0 heterocycles. The van der Waals surface area contributed by atoms with Gasteiger partial charge in [-0.15, -0.1) is 0 Å². The van der Waals surface area contributed by atoms with Crippen LogP contribution in [0.1, 0.15) is 19.8 Å². The van der Waals surface area contributed by atoms with E-state index in [2.05, 4.69) is 6.92 Å². The summed E-state index contributed by atoms with van der Waals surface area (Å²) in [6.07, 6.45) is 2.26. The van der Waals surface area contributed by atoms with Gasteiger partial charge in [0.05, 0.1) is 13.2 Å². The van der Waals surface area contributed by atoms with Gasteiger partial charge < -0.3 is 9.84 Å². The quantitative estimate of drug-likeness (QED) is 0.463. The van der Waals surface area contributed by atoms with Crippen LogP contribution in [0.15, 0.2) is 0 Å². The van der Waals surface area contributed by atoms with Gasteiger partial charge in [-0.3, -0.25) is 0 Å². The van der Waals surface area contributed by atoms with Gasteiger partial charge in [-0.1, -0.05) is 13.3 Å². The summed E-state index contributed by atoms with van der Waals surface area (Å²) in [6.45, 7) is 3.53. The zero-order valence-corrected chi connectivity index (χ0v) is 9.51. The molecule has 0 bridgehead atoms. The van der Waals surface area contributed by atoms with Crippen LogP contribution in [0.3, 0.4) is 0 Å². The summed E-state index contributed by atoms with van der Waals surface area (Å²) >= 11 is 0. The minimum absolute atomic E-state index is 0. The molecule has 3 heteroatoms. The first-order chi connectivity index (χ1) is 3.91. The molecule has 0 aromatic heterocycles. The maximum absolute atomic E-state index is 8.24. The van der Waals surface area contributed by atoms with E-state index < -0.39 is 0 Å². The Hall–Kier alpha value is 1.56. The van der Waals surface area contributed by atoms with E-state index in [9.17, 15) is 0 Å². The van der Waals surface area contributed by atoms with Crippen LogP contribution in [0.4, 0.5) is 0 Å². The van der Waals surface area contributed by atoms with Crippen molar-refractivity contribution in [2.75, 3.05) is 19.8 Å². The first-order valence-electron chi connectivity index (χ1n) is 3.10. The number of unbranched alkanes of at least 4 members (excludes halogenated alkanes) is 1. The third-order valence-corrected chi connectivity index (χ3v) is 0.878. The van der Waals surface area contributed by atoms with E-state index in [4.69, 9.17) is 9.84 Å². The third kappa shape index (κ3) is 12.7. The number of rotatable bonds is 5. The van der Waals surface area contributed by atoms with Crippen molar-refractivity contribution < 1.29 is 9.84 Å². The summed E-state index contributed by atoms with van der Waals surface area (Å²) in [5.41, 5.74) is 0. The van der Waals surface area contributed by atoms with Crippen LogP contribution in [-0.2, 0) is 4.74 Å². The van der Waals surface area contributed by atoms with Crippen molar-refractivity contribution in [2.24, 2.45) is 0 Å². The number of aliphatic hydroxyl groups excluding tert-OH is 1. The molecule has 1 radical (unpaired) electrons. The summed E-state index contributed by atoms with van der Waals surface area (Å²) in [6, 6.07) is 0. The number of hydrogen-bond donors (Lipinski definition) is 1. The SMILES string of the molecule is CCCCOCCO.[K]. The van der Waals surface area contributed by atoms with Crippen molar-refractivity contribution in [1.82, 2.24) is 0 Å². The average Bonchev–Trinajstić information content (AvgIpc) is 1.81. The summed E-state index contributed by atoms with van der Waals surface area (Å²) in [5.74, 6) is 0. The van der Waals surface area contributed by atoms with Gasteiger partial charge in [0.15, 0.2) is 0 Å². The second-order valence-corrected chi connectivity index (χ2v) is 1.69. The van der Waals surface area contributed by atoms with Crippen molar-refractivity contribution in [3.8, 4) is 0 Å². The fraction of sp³-hybridized carbons (Fsp3) is 1.00. The summed E-state index contributed by atoms with van der Waals surface area (Å²) in [5, 5.41) is 8.24.